The second-order valence-electron chi connectivity index (χ2n) is 1.65. The van der Waals surface area contributed by atoms with Crippen LogP contribution in [0.25, 0.3) is 0 Å². The third-order valence-corrected chi connectivity index (χ3v) is 2.15. The third-order valence-electron chi connectivity index (χ3n) is 0.760. The van der Waals surface area contributed by atoms with Gasteiger partial charge in [0.2, 0.25) is 5.91 Å². The Morgan fingerprint density at radius 1 is 1.82 bits per heavy atom. The molecule has 0 unspecified atom stereocenters. The van der Waals surface area contributed by atoms with Crippen molar-refractivity contribution in [3.8, 4) is 0 Å². The predicted octanol–water partition coefficient (Wildman–Crippen LogP) is 2.44. The molecule has 1 rings (SSSR count). The van der Waals surface area contributed by atoms with Gasteiger partial charge in [-0.3, -0.25) is 4.79 Å². The molecule has 0 aromatic carbocycles. The fraction of sp³-hybridized carbons (Fsp3) is 0.200. The van der Waals surface area contributed by atoms with Gasteiger partial charge in [0, 0.05) is 6.92 Å². The van der Waals surface area contributed by atoms with Gasteiger partial charge in [-0.25, -0.2) is 4.98 Å². The zero-order valence-electron chi connectivity index (χ0n) is 5.63. The van der Waals surface area contributed by atoms with E-state index in [-0.39, 0.29) is 22.9 Å². The highest BCUT2D eigenvalue weighted by Crippen LogP contribution is 2.22. The standard InChI is InChI=1S/C5H5BrN2OS.BrH/c1-3(9)8-5-7-2-4(6)10-5;/h2H,1H3,(H,7,8,9);1H. The maximum atomic E-state index is 10.5. The van der Waals surface area contributed by atoms with Crippen molar-refractivity contribution in [3.63, 3.8) is 0 Å². The van der Waals surface area contributed by atoms with Crippen molar-refractivity contribution in [2.75, 3.05) is 5.32 Å². The maximum absolute atomic E-state index is 10.5. The number of nitrogens with zero attached hydrogens (tertiary/aromatic N) is 1. The van der Waals surface area contributed by atoms with E-state index in [1.165, 1.54) is 18.3 Å². The number of aromatic nitrogens is 1. The van der Waals surface area contributed by atoms with E-state index in [1.807, 2.05) is 0 Å². The molecule has 0 bridgehead atoms. The zero-order chi connectivity index (χ0) is 7.56. The van der Waals surface area contributed by atoms with Crippen molar-refractivity contribution in [2.24, 2.45) is 0 Å². The van der Waals surface area contributed by atoms with Gasteiger partial charge in [0.1, 0.15) is 0 Å². The Hall–Kier alpha value is 0.0600. The number of carbonyl (C=O) groups is 1. The molecule has 62 valence electrons. The number of rotatable bonds is 1. The van der Waals surface area contributed by atoms with Gasteiger partial charge < -0.3 is 5.32 Å². The quantitative estimate of drug-likeness (QED) is 0.866. The molecule has 0 atom stereocenters. The van der Waals surface area contributed by atoms with Crippen molar-refractivity contribution < 1.29 is 4.79 Å². The van der Waals surface area contributed by atoms with E-state index in [9.17, 15) is 4.79 Å². The van der Waals surface area contributed by atoms with E-state index in [1.54, 1.807) is 6.20 Å². The highest BCUT2D eigenvalue weighted by molar-refractivity contribution is 9.11. The normalized spacial score (nSPS) is 8.55. The second kappa shape index (κ2) is 4.84. The van der Waals surface area contributed by atoms with Gasteiger partial charge in [0.05, 0.1) is 9.98 Å². The van der Waals surface area contributed by atoms with Crippen molar-refractivity contribution in [3.05, 3.63) is 9.98 Å². The molecule has 0 spiro atoms. The highest BCUT2D eigenvalue weighted by Gasteiger charge is 1.98. The summed E-state index contributed by atoms with van der Waals surface area (Å²) in [4.78, 5) is 14.4. The molecular formula is C5H6Br2N2OS. The minimum atomic E-state index is -0.0955. The Morgan fingerprint density at radius 2 is 2.45 bits per heavy atom. The van der Waals surface area contributed by atoms with Crippen LogP contribution in [0.5, 0.6) is 0 Å². The smallest absolute Gasteiger partial charge is 0.223 e. The van der Waals surface area contributed by atoms with E-state index < -0.39 is 0 Å². The van der Waals surface area contributed by atoms with Crippen LogP contribution in [0, 0.1) is 0 Å². The van der Waals surface area contributed by atoms with Crippen LogP contribution in [0.3, 0.4) is 0 Å². The highest BCUT2D eigenvalue weighted by atomic mass is 79.9. The summed E-state index contributed by atoms with van der Waals surface area (Å²) in [6, 6.07) is 0. The first-order chi connectivity index (χ1) is 4.68. The number of nitrogens with one attached hydrogen (secondary N) is 1. The lowest BCUT2D eigenvalue weighted by atomic mass is 10.7. The third kappa shape index (κ3) is 3.83. The summed E-state index contributed by atoms with van der Waals surface area (Å²) in [5, 5.41) is 3.19. The zero-order valence-corrected chi connectivity index (χ0v) is 9.74. The summed E-state index contributed by atoms with van der Waals surface area (Å²) in [6.07, 6.45) is 1.65. The van der Waals surface area contributed by atoms with E-state index in [4.69, 9.17) is 0 Å². The van der Waals surface area contributed by atoms with Gasteiger partial charge in [-0.1, -0.05) is 11.3 Å². The number of thiazole rings is 1. The lowest BCUT2D eigenvalue weighted by Crippen LogP contribution is -2.04. The average Bonchev–Trinajstić information content (AvgIpc) is 2.13. The molecule has 0 saturated heterocycles. The Labute approximate surface area is 87.1 Å². The van der Waals surface area contributed by atoms with Crippen molar-refractivity contribution >= 4 is 55.3 Å². The molecule has 11 heavy (non-hydrogen) atoms. The summed E-state index contributed by atoms with van der Waals surface area (Å²) in [5.41, 5.74) is 0. The lowest BCUT2D eigenvalue weighted by molar-refractivity contribution is -0.114. The first-order valence-corrected chi connectivity index (χ1v) is 4.18. The van der Waals surface area contributed by atoms with E-state index >= 15 is 0 Å². The summed E-state index contributed by atoms with van der Waals surface area (Å²) in [7, 11) is 0. The van der Waals surface area contributed by atoms with E-state index in [0.717, 1.165) is 3.79 Å². The largest absolute Gasteiger partial charge is 0.302 e. The number of anilines is 1. The van der Waals surface area contributed by atoms with Crippen LogP contribution in [-0.4, -0.2) is 10.9 Å². The minimum absolute atomic E-state index is 0. The van der Waals surface area contributed by atoms with Crippen LogP contribution >= 0.6 is 44.2 Å². The maximum Gasteiger partial charge on any atom is 0.223 e. The fourth-order valence-corrected chi connectivity index (χ4v) is 1.62. The van der Waals surface area contributed by atoms with Crippen LogP contribution in [-0.2, 0) is 4.79 Å². The van der Waals surface area contributed by atoms with Gasteiger partial charge in [0.15, 0.2) is 5.13 Å². The van der Waals surface area contributed by atoms with Crippen LogP contribution in [0.2, 0.25) is 0 Å². The Balaban J connectivity index is 0.000001000. The van der Waals surface area contributed by atoms with Crippen LogP contribution in [0.15, 0.2) is 9.98 Å². The first kappa shape index (κ1) is 11.1. The number of carbonyl (C=O) groups excluding carboxylic acids is 1. The summed E-state index contributed by atoms with van der Waals surface area (Å²) in [6.45, 7) is 1.45. The van der Waals surface area contributed by atoms with Crippen molar-refractivity contribution in [1.82, 2.24) is 4.98 Å². The summed E-state index contributed by atoms with van der Waals surface area (Å²) >= 11 is 4.62. The molecule has 0 aliphatic rings. The van der Waals surface area contributed by atoms with Gasteiger partial charge in [-0.2, -0.15) is 0 Å². The molecule has 0 aliphatic heterocycles. The first-order valence-electron chi connectivity index (χ1n) is 2.57. The van der Waals surface area contributed by atoms with Gasteiger partial charge in [-0.05, 0) is 15.9 Å². The molecule has 3 nitrogen and oxygen atoms in total. The molecule has 1 N–H and O–H groups in total. The molecule has 1 aromatic rings. The Kier molecular flexibility index (Phi) is 4.87. The topological polar surface area (TPSA) is 42.0 Å². The van der Waals surface area contributed by atoms with Gasteiger partial charge in [-0.15, -0.1) is 17.0 Å². The molecule has 0 saturated carbocycles. The van der Waals surface area contributed by atoms with Gasteiger partial charge >= 0.3 is 0 Å². The van der Waals surface area contributed by atoms with Crippen LogP contribution in [0.1, 0.15) is 6.92 Å². The van der Waals surface area contributed by atoms with Crippen molar-refractivity contribution in [1.29, 1.82) is 0 Å². The SMILES string of the molecule is Br.CC(=O)Nc1ncc(Br)s1. The van der Waals surface area contributed by atoms with E-state index in [0.29, 0.717) is 5.13 Å². The number of hydrogen-bond donors (Lipinski definition) is 1. The molecule has 0 fully saturated rings. The number of amides is 1. The lowest BCUT2D eigenvalue weighted by Gasteiger charge is -1.91. The Morgan fingerprint density at radius 3 is 2.82 bits per heavy atom. The van der Waals surface area contributed by atoms with Crippen molar-refractivity contribution in [2.45, 2.75) is 6.92 Å². The molecule has 1 heterocycles. The average molecular weight is 302 g/mol. The molecular weight excluding hydrogens is 296 g/mol. The fourth-order valence-electron chi connectivity index (χ4n) is 0.463. The van der Waals surface area contributed by atoms with Crippen LogP contribution in [0.4, 0.5) is 5.13 Å². The van der Waals surface area contributed by atoms with E-state index in [2.05, 4.69) is 26.2 Å². The second-order valence-corrected chi connectivity index (χ2v) is 4.06. The monoisotopic (exact) mass is 300 g/mol. The molecule has 1 aromatic heterocycles. The number of halogens is 2. The summed E-state index contributed by atoms with van der Waals surface area (Å²) in [5.74, 6) is -0.0955. The molecule has 1 amide bonds. The van der Waals surface area contributed by atoms with Crippen LogP contribution < -0.4 is 5.32 Å². The molecule has 0 radical (unpaired) electrons. The number of hydrogen-bond acceptors (Lipinski definition) is 3. The molecule has 0 aliphatic carbocycles. The Bertz CT molecular complexity index is 250. The van der Waals surface area contributed by atoms with Gasteiger partial charge in [0.25, 0.3) is 0 Å². The molecule has 6 heteroatoms. The minimum Gasteiger partial charge on any atom is -0.302 e. The predicted molar refractivity (Wildman–Crippen MR) is 54.4 cm³/mol. The summed E-state index contributed by atoms with van der Waals surface area (Å²) < 4.78 is 0.913.